The van der Waals surface area contributed by atoms with Crippen molar-refractivity contribution in [3.05, 3.63) is 53.1 Å². The zero-order valence-corrected chi connectivity index (χ0v) is 16.3. The molecule has 5 nitrogen and oxygen atoms in total. The predicted molar refractivity (Wildman–Crippen MR) is 105 cm³/mol. The first-order valence-electron chi connectivity index (χ1n) is 8.46. The van der Waals surface area contributed by atoms with Gasteiger partial charge < -0.3 is 20.1 Å². The minimum absolute atomic E-state index is 0.00627. The van der Waals surface area contributed by atoms with Crippen molar-refractivity contribution in [1.82, 2.24) is 5.32 Å². The Morgan fingerprint density at radius 3 is 2.54 bits per heavy atom. The van der Waals surface area contributed by atoms with Crippen LogP contribution in [-0.2, 0) is 4.79 Å². The summed E-state index contributed by atoms with van der Waals surface area (Å²) in [5, 5.41) is 7.00. The van der Waals surface area contributed by atoms with Gasteiger partial charge in [0, 0.05) is 29.6 Å². The highest BCUT2D eigenvalue weighted by Gasteiger charge is 2.15. The summed E-state index contributed by atoms with van der Waals surface area (Å²) in [7, 11) is 3.14. The van der Waals surface area contributed by atoms with Gasteiger partial charge in [0.05, 0.1) is 19.9 Å². The number of benzene rings is 2. The lowest BCUT2D eigenvalue weighted by Crippen LogP contribution is -2.32. The van der Waals surface area contributed by atoms with Gasteiger partial charge in [-0.1, -0.05) is 23.7 Å². The molecule has 0 fully saturated rings. The molecule has 0 aromatic heterocycles. The van der Waals surface area contributed by atoms with Crippen LogP contribution in [0, 0.1) is 0 Å². The van der Waals surface area contributed by atoms with Crippen LogP contribution in [0.1, 0.15) is 31.9 Å². The van der Waals surface area contributed by atoms with Crippen molar-refractivity contribution in [2.75, 3.05) is 19.5 Å². The van der Waals surface area contributed by atoms with E-state index in [4.69, 9.17) is 21.1 Å². The van der Waals surface area contributed by atoms with Crippen molar-refractivity contribution >= 4 is 23.2 Å². The van der Waals surface area contributed by atoms with Crippen molar-refractivity contribution < 1.29 is 14.3 Å². The van der Waals surface area contributed by atoms with E-state index in [1.807, 2.05) is 38.1 Å². The molecule has 6 heteroatoms. The third-order valence-electron chi connectivity index (χ3n) is 4.06. The van der Waals surface area contributed by atoms with Gasteiger partial charge in [0.1, 0.15) is 11.5 Å². The summed E-state index contributed by atoms with van der Waals surface area (Å²) in [5.74, 6) is 1.14. The topological polar surface area (TPSA) is 59.6 Å². The first kappa shape index (κ1) is 20.1. The van der Waals surface area contributed by atoms with Crippen LogP contribution in [0.2, 0.25) is 5.02 Å². The molecule has 2 aromatic rings. The van der Waals surface area contributed by atoms with Crippen LogP contribution in [0.5, 0.6) is 11.5 Å². The third kappa shape index (κ3) is 5.64. The molecule has 0 bridgehead atoms. The number of carbonyl (C=O) groups excluding carboxylic acids is 1. The summed E-state index contributed by atoms with van der Waals surface area (Å²) >= 11 is 6.04. The summed E-state index contributed by atoms with van der Waals surface area (Å²) in [6.07, 6.45) is 0.333. The maximum atomic E-state index is 12.4. The fourth-order valence-corrected chi connectivity index (χ4v) is 2.94. The van der Waals surface area contributed by atoms with Gasteiger partial charge in [0.2, 0.25) is 5.91 Å². The minimum Gasteiger partial charge on any atom is -0.497 e. The molecule has 2 N–H and O–H groups in total. The number of anilines is 1. The largest absolute Gasteiger partial charge is 0.497 e. The SMILES string of the molecule is COc1ccc(NC(=O)CC(C)NC(C)c2cccc(Cl)c2)c(OC)c1. The van der Waals surface area contributed by atoms with Gasteiger partial charge in [-0.2, -0.15) is 0 Å². The molecule has 2 rings (SSSR count). The predicted octanol–water partition coefficient (Wildman–Crippen LogP) is 4.43. The van der Waals surface area contributed by atoms with Crippen LogP contribution in [0.4, 0.5) is 5.69 Å². The molecule has 0 heterocycles. The molecule has 2 atom stereocenters. The number of hydrogen-bond donors (Lipinski definition) is 2. The molecule has 0 saturated carbocycles. The Hall–Kier alpha value is -2.24. The van der Waals surface area contributed by atoms with Crippen LogP contribution < -0.4 is 20.1 Å². The summed E-state index contributed by atoms with van der Waals surface area (Å²) in [4.78, 5) is 12.4. The summed E-state index contributed by atoms with van der Waals surface area (Å²) in [6.45, 7) is 4.03. The van der Waals surface area contributed by atoms with Crippen molar-refractivity contribution in [3.63, 3.8) is 0 Å². The van der Waals surface area contributed by atoms with Gasteiger partial charge in [-0.05, 0) is 43.7 Å². The Morgan fingerprint density at radius 1 is 1.12 bits per heavy atom. The maximum Gasteiger partial charge on any atom is 0.226 e. The standard InChI is InChI=1S/C20H25ClN2O3/c1-13(22-14(2)15-6-5-7-16(21)11-15)10-20(24)23-18-9-8-17(25-3)12-19(18)26-4/h5-9,11-14,22H,10H2,1-4H3,(H,23,24). The molecule has 0 aliphatic heterocycles. The summed E-state index contributed by atoms with van der Waals surface area (Å²) in [5.41, 5.74) is 1.70. The smallest absolute Gasteiger partial charge is 0.226 e. The number of carbonyl (C=O) groups is 1. The molecular weight excluding hydrogens is 352 g/mol. The molecule has 0 spiro atoms. The summed E-state index contributed by atoms with van der Waals surface area (Å²) < 4.78 is 10.5. The quantitative estimate of drug-likeness (QED) is 0.715. The monoisotopic (exact) mass is 376 g/mol. The normalized spacial score (nSPS) is 13.0. The van der Waals surface area contributed by atoms with E-state index >= 15 is 0 Å². The molecule has 1 amide bonds. The first-order chi connectivity index (χ1) is 12.4. The molecule has 0 saturated heterocycles. The second-order valence-corrected chi connectivity index (χ2v) is 6.60. The lowest BCUT2D eigenvalue weighted by molar-refractivity contribution is -0.116. The van der Waals surface area contributed by atoms with Gasteiger partial charge in [-0.25, -0.2) is 0 Å². The number of nitrogens with one attached hydrogen (secondary N) is 2. The van der Waals surface area contributed by atoms with E-state index in [0.29, 0.717) is 28.6 Å². The number of methoxy groups -OCH3 is 2. The van der Waals surface area contributed by atoms with Crippen molar-refractivity contribution in [2.45, 2.75) is 32.4 Å². The van der Waals surface area contributed by atoms with E-state index in [0.717, 1.165) is 5.56 Å². The van der Waals surface area contributed by atoms with Crippen LogP contribution in [-0.4, -0.2) is 26.2 Å². The molecule has 0 radical (unpaired) electrons. The molecule has 2 unspecified atom stereocenters. The number of ether oxygens (including phenoxy) is 2. The van der Waals surface area contributed by atoms with Gasteiger partial charge in [-0.15, -0.1) is 0 Å². The third-order valence-corrected chi connectivity index (χ3v) is 4.29. The Bertz CT molecular complexity index is 752. The number of halogens is 1. The van der Waals surface area contributed by atoms with E-state index in [9.17, 15) is 4.79 Å². The zero-order chi connectivity index (χ0) is 19.1. The summed E-state index contributed by atoms with van der Waals surface area (Å²) in [6, 6.07) is 13.1. The molecular formula is C20H25ClN2O3. The molecule has 140 valence electrons. The van der Waals surface area contributed by atoms with Crippen LogP contribution in [0.3, 0.4) is 0 Å². The second-order valence-electron chi connectivity index (χ2n) is 6.16. The molecule has 0 aliphatic carbocycles. The average molecular weight is 377 g/mol. The lowest BCUT2D eigenvalue weighted by Gasteiger charge is -2.20. The highest BCUT2D eigenvalue weighted by atomic mass is 35.5. The van der Waals surface area contributed by atoms with Crippen molar-refractivity contribution in [3.8, 4) is 11.5 Å². The van der Waals surface area contributed by atoms with Crippen LogP contribution in [0.15, 0.2) is 42.5 Å². The Morgan fingerprint density at radius 2 is 1.88 bits per heavy atom. The van der Waals surface area contributed by atoms with Crippen molar-refractivity contribution in [2.24, 2.45) is 0 Å². The first-order valence-corrected chi connectivity index (χ1v) is 8.84. The number of amides is 1. The minimum atomic E-state index is -0.0910. The van der Waals surface area contributed by atoms with Crippen LogP contribution in [0.25, 0.3) is 0 Å². The van der Waals surface area contributed by atoms with Gasteiger partial charge >= 0.3 is 0 Å². The number of rotatable bonds is 8. The molecule has 0 aliphatic rings. The van der Waals surface area contributed by atoms with Crippen molar-refractivity contribution in [1.29, 1.82) is 0 Å². The van der Waals surface area contributed by atoms with Gasteiger partial charge in [-0.3, -0.25) is 4.79 Å². The second kappa shape index (κ2) is 9.46. The van der Waals surface area contributed by atoms with Gasteiger partial charge in [0.25, 0.3) is 0 Å². The average Bonchev–Trinajstić information content (AvgIpc) is 2.61. The van der Waals surface area contributed by atoms with E-state index in [2.05, 4.69) is 10.6 Å². The maximum absolute atomic E-state index is 12.4. The Kier molecular flexibility index (Phi) is 7.30. The van der Waals surface area contributed by atoms with E-state index in [-0.39, 0.29) is 18.0 Å². The lowest BCUT2D eigenvalue weighted by atomic mass is 10.1. The Labute approximate surface area is 159 Å². The van der Waals surface area contributed by atoms with Crippen LogP contribution >= 0.6 is 11.6 Å². The highest BCUT2D eigenvalue weighted by molar-refractivity contribution is 6.30. The number of hydrogen-bond acceptors (Lipinski definition) is 4. The zero-order valence-electron chi connectivity index (χ0n) is 15.5. The highest BCUT2D eigenvalue weighted by Crippen LogP contribution is 2.29. The fourth-order valence-electron chi connectivity index (χ4n) is 2.74. The molecule has 2 aromatic carbocycles. The van der Waals surface area contributed by atoms with E-state index in [1.54, 1.807) is 32.4 Å². The van der Waals surface area contributed by atoms with E-state index < -0.39 is 0 Å². The molecule has 26 heavy (non-hydrogen) atoms. The Balaban J connectivity index is 1.93. The van der Waals surface area contributed by atoms with Gasteiger partial charge in [0.15, 0.2) is 0 Å². The fraction of sp³-hybridized carbons (Fsp3) is 0.350. The van der Waals surface area contributed by atoms with E-state index in [1.165, 1.54) is 0 Å².